The largest absolute Gasteiger partial charge is 0.508 e. The van der Waals surface area contributed by atoms with Gasteiger partial charge in [0.15, 0.2) is 11.5 Å². The number of aliphatic hydroxyl groups is 1. The van der Waals surface area contributed by atoms with E-state index in [0.717, 1.165) is 5.56 Å². The topological polar surface area (TPSA) is 94.5 Å². The van der Waals surface area contributed by atoms with E-state index in [1.165, 1.54) is 33.5 Å². The Bertz CT molecular complexity index is 859. The summed E-state index contributed by atoms with van der Waals surface area (Å²) in [5.41, 5.74) is 1.06. The molecule has 3 rings (SSSR count). The molecule has 1 heterocycles. The number of hydrogen-bond donors (Lipinski definition) is 2. The van der Waals surface area contributed by atoms with Crippen molar-refractivity contribution in [3.05, 3.63) is 46.5 Å². The number of carbonyl (C=O) groups is 1. The van der Waals surface area contributed by atoms with Crippen LogP contribution in [0.15, 0.2) is 24.3 Å². The molecule has 0 radical (unpaired) electrons. The Balaban J connectivity index is 2.33. The number of aromatic hydroxyl groups is 1. The lowest BCUT2D eigenvalue weighted by Crippen LogP contribution is -2.28. The highest BCUT2D eigenvalue weighted by Gasteiger charge is 2.50. The molecule has 1 aliphatic heterocycles. The van der Waals surface area contributed by atoms with Crippen LogP contribution in [0.3, 0.4) is 0 Å². The molecule has 0 bridgehead atoms. The molecule has 7 nitrogen and oxygen atoms in total. The van der Waals surface area contributed by atoms with E-state index in [4.69, 9.17) is 18.9 Å². The second kappa shape index (κ2) is 5.86. The van der Waals surface area contributed by atoms with E-state index in [2.05, 4.69) is 0 Å². The maximum Gasteiger partial charge on any atom is 0.345 e. The minimum atomic E-state index is -2.15. The van der Waals surface area contributed by atoms with E-state index in [9.17, 15) is 15.0 Å². The van der Waals surface area contributed by atoms with Gasteiger partial charge in [-0.25, -0.2) is 4.79 Å². The van der Waals surface area contributed by atoms with Crippen LogP contribution >= 0.6 is 0 Å². The molecule has 0 saturated heterocycles. The molecule has 2 aromatic rings. The Hall–Kier alpha value is -2.93. The molecule has 0 unspecified atom stereocenters. The summed E-state index contributed by atoms with van der Waals surface area (Å²) >= 11 is 0. The zero-order valence-electron chi connectivity index (χ0n) is 14.2. The summed E-state index contributed by atoms with van der Waals surface area (Å²) in [6, 6.07) is 5.89. The number of fused-ring (bicyclic) bond motifs is 1. The van der Waals surface area contributed by atoms with Gasteiger partial charge in [-0.15, -0.1) is 0 Å². The van der Waals surface area contributed by atoms with Gasteiger partial charge >= 0.3 is 5.97 Å². The molecule has 25 heavy (non-hydrogen) atoms. The Morgan fingerprint density at radius 2 is 1.64 bits per heavy atom. The second-order valence-corrected chi connectivity index (χ2v) is 5.65. The number of phenols is 1. The third-order valence-electron chi connectivity index (χ3n) is 4.10. The average Bonchev–Trinajstić information content (AvgIpc) is 2.84. The van der Waals surface area contributed by atoms with Gasteiger partial charge in [0.05, 0.1) is 32.5 Å². The number of hydrogen-bond acceptors (Lipinski definition) is 7. The second-order valence-electron chi connectivity index (χ2n) is 5.65. The molecule has 0 aliphatic carbocycles. The van der Waals surface area contributed by atoms with Crippen molar-refractivity contribution in [2.75, 3.05) is 21.3 Å². The first-order valence-corrected chi connectivity index (χ1v) is 7.46. The molecule has 0 aromatic heterocycles. The maximum atomic E-state index is 12.4. The standard InChI is InChI=1S/C18H18O7/c1-9-5-12(16(24-4)14(6-9)23-3)18(21)11-7-10(19)8-13(22-2)15(11)17(20)25-18/h5-8,19,21H,1-4H3/t18-/m0/s1. The molecule has 7 heteroatoms. The summed E-state index contributed by atoms with van der Waals surface area (Å²) in [5.74, 6) is -2.39. The lowest BCUT2D eigenvalue weighted by molar-refractivity contribution is -0.130. The Morgan fingerprint density at radius 3 is 2.24 bits per heavy atom. The molecular weight excluding hydrogens is 328 g/mol. The fourth-order valence-corrected chi connectivity index (χ4v) is 3.03. The molecule has 132 valence electrons. The molecule has 2 N–H and O–H groups in total. The zero-order chi connectivity index (χ0) is 18.4. The summed E-state index contributed by atoms with van der Waals surface area (Å²) in [6.45, 7) is 1.80. The molecule has 0 saturated carbocycles. The number of cyclic esters (lactones) is 1. The van der Waals surface area contributed by atoms with Gasteiger partial charge in [0, 0.05) is 6.07 Å². The summed E-state index contributed by atoms with van der Waals surface area (Å²) in [4.78, 5) is 12.4. The van der Waals surface area contributed by atoms with Gasteiger partial charge in [-0.05, 0) is 30.7 Å². The van der Waals surface area contributed by atoms with Crippen molar-refractivity contribution in [2.24, 2.45) is 0 Å². The van der Waals surface area contributed by atoms with Crippen molar-refractivity contribution < 1.29 is 34.0 Å². The molecule has 0 amide bonds. The van der Waals surface area contributed by atoms with Crippen molar-refractivity contribution in [3.63, 3.8) is 0 Å². The van der Waals surface area contributed by atoms with E-state index in [-0.39, 0.29) is 33.9 Å². The SMILES string of the molecule is COc1cc(C)cc([C@@]2(O)OC(=O)c3c(OC)cc(O)cc32)c1OC. The summed E-state index contributed by atoms with van der Waals surface area (Å²) in [7, 11) is 4.24. The monoisotopic (exact) mass is 346 g/mol. The fourth-order valence-electron chi connectivity index (χ4n) is 3.03. The van der Waals surface area contributed by atoms with Crippen LogP contribution in [0.25, 0.3) is 0 Å². The highest BCUT2D eigenvalue weighted by atomic mass is 16.7. The van der Waals surface area contributed by atoms with Crippen LogP contribution in [-0.2, 0) is 10.5 Å². The summed E-state index contributed by atoms with van der Waals surface area (Å²) in [6.07, 6.45) is 0. The van der Waals surface area contributed by atoms with Crippen molar-refractivity contribution in [1.29, 1.82) is 0 Å². The molecule has 1 atom stereocenters. The van der Waals surface area contributed by atoms with Gasteiger partial charge in [0.1, 0.15) is 17.1 Å². The van der Waals surface area contributed by atoms with E-state index < -0.39 is 11.8 Å². The van der Waals surface area contributed by atoms with Crippen LogP contribution in [0, 0.1) is 6.92 Å². The Kier molecular flexibility index (Phi) is 3.96. The summed E-state index contributed by atoms with van der Waals surface area (Å²) in [5, 5.41) is 21.2. The first-order chi connectivity index (χ1) is 11.8. The zero-order valence-corrected chi connectivity index (χ0v) is 14.2. The van der Waals surface area contributed by atoms with E-state index in [1.807, 2.05) is 0 Å². The smallest absolute Gasteiger partial charge is 0.345 e. The minimum Gasteiger partial charge on any atom is -0.508 e. The predicted molar refractivity (Wildman–Crippen MR) is 87.4 cm³/mol. The number of rotatable bonds is 4. The van der Waals surface area contributed by atoms with Crippen LogP contribution in [-0.4, -0.2) is 37.5 Å². The van der Waals surface area contributed by atoms with Gasteiger partial charge < -0.3 is 29.2 Å². The van der Waals surface area contributed by atoms with Crippen LogP contribution < -0.4 is 14.2 Å². The molecule has 1 aliphatic rings. The van der Waals surface area contributed by atoms with E-state index in [1.54, 1.807) is 19.1 Å². The Morgan fingerprint density at radius 1 is 0.960 bits per heavy atom. The number of benzene rings is 2. The predicted octanol–water partition coefficient (Wildman–Crippen LogP) is 2.09. The van der Waals surface area contributed by atoms with Gasteiger partial charge in [0.25, 0.3) is 5.79 Å². The van der Waals surface area contributed by atoms with Crippen molar-refractivity contribution >= 4 is 5.97 Å². The van der Waals surface area contributed by atoms with Crippen molar-refractivity contribution in [1.82, 2.24) is 0 Å². The average molecular weight is 346 g/mol. The van der Waals surface area contributed by atoms with Gasteiger partial charge in [-0.2, -0.15) is 0 Å². The quantitative estimate of drug-likeness (QED) is 0.819. The molecule has 0 spiro atoms. The van der Waals surface area contributed by atoms with Crippen LogP contribution in [0.1, 0.15) is 27.0 Å². The number of esters is 1. The van der Waals surface area contributed by atoms with Crippen molar-refractivity contribution in [2.45, 2.75) is 12.7 Å². The molecular formula is C18H18O7. The lowest BCUT2D eigenvalue weighted by atomic mass is 9.92. The van der Waals surface area contributed by atoms with Crippen LogP contribution in [0.5, 0.6) is 23.0 Å². The van der Waals surface area contributed by atoms with Crippen molar-refractivity contribution in [3.8, 4) is 23.0 Å². The third kappa shape index (κ3) is 2.44. The van der Waals surface area contributed by atoms with Crippen LogP contribution in [0.4, 0.5) is 0 Å². The lowest BCUT2D eigenvalue weighted by Gasteiger charge is -2.26. The van der Waals surface area contributed by atoms with E-state index in [0.29, 0.717) is 5.75 Å². The number of carbonyl (C=O) groups excluding carboxylic acids is 1. The fraction of sp³-hybridized carbons (Fsp3) is 0.278. The van der Waals surface area contributed by atoms with Gasteiger partial charge in [-0.1, -0.05) is 0 Å². The first-order valence-electron chi connectivity index (χ1n) is 7.46. The number of ether oxygens (including phenoxy) is 4. The minimum absolute atomic E-state index is 0.0466. The van der Waals surface area contributed by atoms with E-state index >= 15 is 0 Å². The number of phenolic OH excluding ortho intramolecular Hbond substituents is 1. The van der Waals surface area contributed by atoms with Gasteiger partial charge in [-0.3, -0.25) is 0 Å². The molecule has 2 aromatic carbocycles. The van der Waals surface area contributed by atoms with Gasteiger partial charge in [0.2, 0.25) is 0 Å². The third-order valence-corrected chi connectivity index (χ3v) is 4.10. The molecule has 0 fully saturated rings. The first kappa shape index (κ1) is 16.9. The number of aryl methyl sites for hydroxylation is 1. The maximum absolute atomic E-state index is 12.4. The normalized spacial score (nSPS) is 18.5. The van der Waals surface area contributed by atoms with Crippen LogP contribution in [0.2, 0.25) is 0 Å². The number of methoxy groups -OCH3 is 3. The summed E-state index contributed by atoms with van der Waals surface area (Å²) < 4.78 is 21.1. The highest BCUT2D eigenvalue weighted by Crippen LogP contribution is 2.49. The highest BCUT2D eigenvalue weighted by molar-refractivity contribution is 5.98. The Labute approximate surface area is 144 Å².